The van der Waals surface area contributed by atoms with Crippen molar-refractivity contribution >= 4 is 34.5 Å². The van der Waals surface area contributed by atoms with Crippen LogP contribution in [0.2, 0.25) is 0 Å². The molecule has 7 nitrogen and oxygen atoms in total. The molecule has 0 radical (unpaired) electrons. The Bertz CT molecular complexity index is 577. The van der Waals surface area contributed by atoms with E-state index in [0.29, 0.717) is 0 Å². The van der Waals surface area contributed by atoms with Crippen LogP contribution in [-0.2, 0) is 9.59 Å². The first-order valence-corrected chi connectivity index (χ1v) is 9.71. The van der Waals surface area contributed by atoms with Gasteiger partial charge in [-0.05, 0) is 60.2 Å². The Labute approximate surface area is 168 Å². The number of ether oxygens (including phenoxy) is 1. The van der Waals surface area contributed by atoms with Crippen molar-refractivity contribution in [1.29, 1.82) is 0 Å². The lowest BCUT2D eigenvalue weighted by Crippen LogP contribution is -2.46. The molecule has 0 saturated carbocycles. The van der Waals surface area contributed by atoms with Gasteiger partial charge < -0.3 is 24.7 Å². The molecule has 0 spiro atoms. The summed E-state index contributed by atoms with van der Waals surface area (Å²) in [6, 6.07) is 6.36. The summed E-state index contributed by atoms with van der Waals surface area (Å²) in [7, 11) is 0. The van der Waals surface area contributed by atoms with E-state index >= 15 is 0 Å². The Morgan fingerprint density at radius 1 is 1.12 bits per heavy atom. The largest absolute Gasteiger partial charge is 0.492 e. The van der Waals surface area contributed by atoms with Gasteiger partial charge in [-0.25, -0.2) is 9.59 Å². The molecule has 2 rings (SSSR count). The number of piperazine rings is 1. The smallest absolute Gasteiger partial charge is 0.414 e. The summed E-state index contributed by atoms with van der Waals surface area (Å²) in [5, 5.41) is 14.8. The number of likely N-dealkylation sites (N-methyl/N-ethyl adjacent to an activating group) is 1. The van der Waals surface area contributed by atoms with Gasteiger partial charge in [0, 0.05) is 32.7 Å². The molecule has 0 amide bonds. The van der Waals surface area contributed by atoms with Crippen molar-refractivity contribution in [3.05, 3.63) is 27.3 Å². The molecule has 26 heavy (non-hydrogen) atoms. The van der Waals surface area contributed by atoms with Gasteiger partial charge in [-0.15, -0.1) is 0 Å². The van der Waals surface area contributed by atoms with Crippen LogP contribution in [0.5, 0.6) is 5.75 Å². The third kappa shape index (κ3) is 8.81. The van der Waals surface area contributed by atoms with Crippen LogP contribution in [-0.4, -0.2) is 77.8 Å². The molecule has 1 aliphatic rings. The van der Waals surface area contributed by atoms with Crippen LogP contribution in [0.4, 0.5) is 0 Å². The van der Waals surface area contributed by atoms with Crippen molar-refractivity contribution in [2.24, 2.45) is 0 Å². The highest BCUT2D eigenvalue weighted by Crippen LogP contribution is 2.21. The molecule has 1 fully saturated rings. The number of carboxylic acids is 2. The Balaban J connectivity index is 0.000000487. The van der Waals surface area contributed by atoms with Crippen LogP contribution in [0.25, 0.3) is 0 Å². The van der Waals surface area contributed by atoms with Crippen molar-refractivity contribution in [3.63, 3.8) is 0 Å². The van der Waals surface area contributed by atoms with E-state index in [0.717, 1.165) is 25.3 Å². The molecule has 0 atom stereocenters. The molecular weight excluding hydrogens is 451 g/mol. The highest BCUT2D eigenvalue weighted by atomic mass is 127. The zero-order chi connectivity index (χ0) is 19.5. The first-order valence-electron chi connectivity index (χ1n) is 8.63. The number of aliphatic carboxylic acids is 2. The number of aryl methyl sites for hydroxylation is 1. The normalized spacial score (nSPS) is 15.0. The molecule has 1 aromatic carbocycles. The van der Waals surface area contributed by atoms with Gasteiger partial charge in [-0.2, -0.15) is 0 Å². The van der Waals surface area contributed by atoms with Crippen molar-refractivity contribution in [2.45, 2.75) is 20.3 Å². The lowest BCUT2D eigenvalue weighted by atomic mass is 10.2. The lowest BCUT2D eigenvalue weighted by Gasteiger charge is -2.33. The minimum atomic E-state index is -1.82. The van der Waals surface area contributed by atoms with Crippen LogP contribution in [0.3, 0.4) is 0 Å². The van der Waals surface area contributed by atoms with E-state index in [1.807, 2.05) is 0 Å². The summed E-state index contributed by atoms with van der Waals surface area (Å²) in [6.45, 7) is 12.3. The maximum Gasteiger partial charge on any atom is 0.414 e. The van der Waals surface area contributed by atoms with E-state index in [-0.39, 0.29) is 0 Å². The van der Waals surface area contributed by atoms with Crippen LogP contribution in [0.15, 0.2) is 18.2 Å². The van der Waals surface area contributed by atoms with Crippen LogP contribution >= 0.6 is 22.6 Å². The predicted octanol–water partition coefficient (Wildman–Crippen LogP) is 2.16. The fraction of sp³-hybridized carbons (Fsp3) is 0.556. The number of carboxylic acid groups (broad SMARTS) is 2. The zero-order valence-corrected chi connectivity index (χ0v) is 17.4. The van der Waals surface area contributed by atoms with Gasteiger partial charge in [0.15, 0.2) is 0 Å². The Morgan fingerprint density at radius 3 is 2.19 bits per heavy atom. The minimum absolute atomic E-state index is 0.813. The highest BCUT2D eigenvalue weighted by Gasteiger charge is 2.14. The summed E-state index contributed by atoms with van der Waals surface area (Å²) in [4.78, 5) is 23.3. The third-order valence-corrected chi connectivity index (χ3v) is 4.90. The van der Waals surface area contributed by atoms with Crippen LogP contribution < -0.4 is 4.74 Å². The van der Waals surface area contributed by atoms with Gasteiger partial charge in [0.1, 0.15) is 5.75 Å². The van der Waals surface area contributed by atoms with Crippen molar-refractivity contribution in [1.82, 2.24) is 9.80 Å². The predicted molar refractivity (Wildman–Crippen MR) is 108 cm³/mol. The second-order valence-electron chi connectivity index (χ2n) is 6.02. The maximum atomic E-state index is 9.10. The van der Waals surface area contributed by atoms with Crippen LogP contribution in [0, 0.1) is 10.5 Å². The lowest BCUT2D eigenvalue weighted by molar-refractivity contribution is -0.159. The second kappa shape index (κ2) is 12.1. The molecule has 0 bridgehead atoms. The van der Waals surface area contributed by atoms with E-state index in [4.69, 9.17) is 24.5 Å². The molecule has 8 heteroatoms. The van der Waals surface area contributed by atoms with Gasteiger partial charge in [-0.3, -0.25) is 0 Å². The number of nitrogens with zero attached hydrogens (tertiary/aromatic N) is 2. The van der Waals surface area contributed by atoms with Gasteiger partial charge in [-0.1, -0.05) is 13.0 Å². The van der Waals surface area contributed by atoms with E-state index < -0.39 is 11.9 Å². The number of halogens is 1. The van der Waals surface area contributed by atoms with Gasteiger partial charge in [0.2, 0.25) is 0 Å². The summed E-state index contributed by atoms with van der Waals surface area (Å²) in [6.07, 6.45) is 1.11. The van der Waals surface area contributed by atoms with Gasteiger partial charge in [0.05, 0.1) is 10.2 Å². The van der Waals surface area contributed by atoms with Crippen molar-refractivity contribution < 1.29 is 24.5 Å². The quantitative estimate of drug-likeness (QED) is 0.368. The molecule has 1 aromatic rings. The highest BCUT2D eigenvalue weighted by molar-refractivity contribution is 14.1. The van der Waals surface area contributed by atoms with Gasteiger partial charge in [0.25, 0.3) is 0 Å². The third-order valence-electron chi connectivity index (χ3n) is 4.06. The molecule has 1 heterocycles. The summed E-state index contributed by atoms with van der Waals surface area (Å²) in [5.74, 6) is -2.63. The first kappa shape index (κ1) is 22.7. The first-order chi connectivity index (χ1) is 12.3. The number of rotatable bonds is 6. The summed E-state index contributed by atoms with van der Waals surface area (Å²) >= 11 is 2.35. The molecule has 2 N–H and O–H groups in total. The topological polar surface area (TPSA) is 90.3 Å². The maximum absolute atomic E-state index is 9.10. The van der Waals surface area contributed by atoms with E-state index in [9.17, 15) is 0 Å². The zero-order valence-electron chi connectivity index (χ0n) is 15.3. The molecular formula is C18H27IN2O5. The molecule has 0 aromatic heterocycles. The molecule has 0 unspecified atom stereocenters. The van der Waals surface area contributed by atoms with Gasteiger partial charge >= 0.3 is 11.9 Å². The number of carbonyl (C=O) groups is 2. The molecule has 1 aliphatic heterocycles. The van der Waals surface area contributed by atoms with E-state index in [2.05, 4.69) is 64.4 Å². The Hall–Kier alpha value is -1.39. The average Bonchev–Trinajstić information content (AvgIpc) is 2.61. The summed E-state index contributed by atoms with van der Waals surface area (Å²) < 4.78 is 7.09. The fourth-order valence-corrected chi connectivity index (χ4v) is 3.35. The Morgan fingerprint density at radius 2 is 1.69 bits per heavy atom. The average molecular weight is 478 g/mol. The fourth-order valence-electron chi connectivity index (χ4n) is 2.52. The van der Waals surface area contributed by atoms with E-state index in [1.165, 1.54) is 41.9 Å². The number of hydrogen-bond donors (Lipinski definition) is 2. The Kier molecular flexibility index (Phi) is 10.5. The SMILES string of the molecule is CCN1CCN(CCCOc2ccc(C)cc2I)CC1.O=C(O)C(=O)O. The van der Waals surface area contributed by atoms with Crippen LogP contribution in [0.1, 0.15) is 18.9 Å². The molecule has 0 aliphatic carbocycles. The van der Waals surface area contributed by atoms with E-state index in [1.54, 1.807) is 0 Å². The standard InChI is InChI=1S/C16H25IN2O.C2H2O4/c1-3-18-8-10-19(11-9-18)7-4-12-20-16-6-5-14(2)13-15(16)17;3-1(4)2(5)6/h5-6,13H,3-4,7-12H2,1-2H3;(H,3,4)(H,5,6). The van der Waals surface area contributed by atoms with Crippen molar-refractivity contribution in [3.8, 4) is 5.75 Å². The number of hydrogen-bond acceptors (Lipinski definition) is 5. The minimum Gasteiger partial charge on any atom is -0.492 e. The molecule has 146 valence electrons. The summed E-state index contributed by atoms with van der Waals surface area (Å²) in [5.41, 5.74) is 1.29. The second-order valence-corrected chi connectivity index (χ2v) is 7.18. The monoisotopic (exact) mass is 478 g/mol. The number of benzene rings is 1. The van der Waals surface area contributed by atoms with Crippen molar-refractivity contribution in [2.75, 3.05) is 45.9 Å². The molecule has 1 saturated heterocycles.